The van der Waals surface area contributed by atoms with Crippen molar-refractivity contribution in [1.29, 1.82) is 0 Å². The van der Waals surface area contributed by atoms with Crippen LogP contribution in [0.2, 0.25) is 0 Å². The van der Waals surface area contributed by atoms with E-state index in [1.54, 1.807) is 0 Å². The van der Waals surface area contributed by atoms with Crippen LogP contribution in [0.25, 0.3) is 0 Å². The van der Waals surface area contributed by atoms with Gasteiger partial charge in [0.15, 0.2) is 0 Å². The Morgan fingerprint density at radius 2 is 0.933 bits per heavy atom. The Hall–Kier alpha value is -0.0800. The van der Waals surface area contributed by atoms with Crippen LogP contribution >= 0.6 is 0 Å². The van der Waals surface area contributed by atoms with Crippen LogP contribution in [0, 0.1) is 5.41 Å². The second-order valence-corrected chi connectivity index (χ2v) is 5.09. The van der Waals surface area contributed by atoms with Crippen LogP contribution in [0.3, 0.4) is 0 Å². The summed E-state index contributed by atoms with van der Waals surface area (Å²) in [6.07, 6.45) is 0. The van der Waals surface area contributed by atoms with Crippen LogP contribution in [0.1, 0.15) is 41.5 Å². The van der Waals surface area contributed by atoms with Crippen LogP contribution in [0.5, 0.6) is 0 Å². The van der Waals surface area contributed by atoms with Crippen molar-refractivity contribution in [2.75, 3.05) is 39.3 Å². The molecular weight excluding hydrogens is 184 g/mol. The molecule has 0 bridgehead atoms. The summed E-state index contributed by atoms with van der Waals surface area (Å²) in [7, 11) is 0. The van der Waals surface area contributed by atoms with Crippen molar-refractivity contribution >= 4 is 0 Å². The Kier molecular flexibility index (Phi) is 7.20. The first-order valence-corrected chi connectivity index (χ1v) is 6.43. The molecule has 0 saturated heterocycles. The van der Waals surface area contributed by atoms with Gasteiger partial charge in [-0.1, -0.05) is 41.5 Å². The average molecular weight is 214 g/mol. The summed E-state index contributed by atoms with van der Waals surface area (Å²) in [6.45, 7) is 20.8. The lowest BCUT2D eigenvalue weighted by Gasteiger charge is -2.35. The SMILES string of the molecule is CCN(CC)CC(C)(C)CN(CC)CC. The highest BCUT2D eigenvalue weighted by Crippen LogP contribution is 2.18. The Bertz CT molecular complexity index is 131. The van der Waals surface area contributed by atoms with Crippen molar-refractivity contribution in [1.82, 2.24) is 9.80 Å². The predicted octanol–water partition coefficient (Wildman–Crippen LogP) is 2.70. The molecular formula is C13H30N2. The maximum absolute atomic E-state index is 2.52. The highest BCUT2D eigenvalue weighted by molar-refractivity contribution is 4.76. The van der Waals surface area contributed by atoms with E-state index in [1.165, 1.54) is 13.1 Å². The first-order chi connectivity index (χ1) is 6.99. The third-order valence-corrected chi connectivity index (χ3v) is 3.09. The van der Waals surface area contributed by atoms with Crippen molar-refractivity contribution in [3.8, 4) is 0 Å². The molecule has 0 rings (SSSR count). The molecule has 2 nitrogen and oxygen atoms in total. The fraction of sp³-hybridized carbons (Fsp3) is 1.00. The first kappa shape index (κ1) is 14.9. The van der Waals surface area contributed by atoms with Gasteiger partial charge >= 0.3 is 0 Å². The van der Waals surface area contributed by atoms with Crippen LogP contribution in [0.4, 0.5) is 0 Å². The Labute approximate surface area is 96.6 Å². The summed E-state index contributed by atoms with van der Waals surface area (Å²) in [5.41, 5.74) is 0.401. The summed E-state index contributed by atoms with van der Waals surface area (Å²) >= 11 is 0. The lowest BCUT2D eigenvalue weighted by Crippen LogP contribution is -2.42. The molecule has 0 spiro atoms. The van der Waals surface area contributed by atoms with Gasteiger partial charge in [0.25, 0.3) is 0 Å². The summed E-state index contributed by atoms with van der Waals surface area (Å²) in [5, 5.41) is 0. The van der Waals surface area contributed by atoms with Crippen molar-refractivity contribution in [2.45, 2.75) is 41.5 Å². The van der Waals surface area contributed by atoms with E-state index in [2.05, 4.69) is 51.3 Å². The molecule has 0 saturated carbocycles. The van der Waals surface area contributed by atoms with Gasteiger partial charge in [-0.2, -0.15) is 0 Å². The third-order valence-electron chi connectivity index (χ3n) is 3.09. The Balaban J connectivity index is 4.14. The smallest absolute Gasteiger partial charge is 0.00447 e. The van der Waals surface area contributed by atoms with Gasteiger partial charge in [0.1, 0.15) is 0 Å². The second-order valence-electron chi connectivity index (χ2n) is 5.09. The second kappa shape index (κ2) is 7.24. The van der Waals surface area contributed by atoms with Gasteiger partial charge < -0.3 is 9.80 Å². The molecule has 0 heterocycles. The molecule has 0 amide bonds. The standard InChI is InChI=1S/C13H30N2/c1-7-14(8-2)11-13(5,6)12-15(9-3)10-4/h7-12H2,1-6H3. The van der Waals surface area contributed by atoms with Crippen molar-refractivity contribution in [3.63, 3.8) is 0 Å². The zero-order chi connectivity index (χ0) is 11.9. The zero-order valence-electron chi connectivity index (χ0n) is 11.6. The van der Waals surface area contributed by atoms with E-state index in [9.17, 15) is 0 Å². The molecule has 0 unspecified atom stereocenters. The molecule has 0 aliphatic rings. The topological polar surface area (TPSA) is 6.48 Å². The molecule has 0 aromatic carbocycles. The van der Waals surface area contributed by atoms with E-state index in [0.717, 1.165) is 26.2 Å². The molecule has 0 aromatic rings. The summed E-state index contributed by atoms with van der Waals surface area (Å²) in [5.74, 6) is 0. The Morgan fingerprint density at radius 3 is 1.13 bits per heavy atom. The van der Waals surface area contributed by atoms with Crippen molar-refractivity contribution < 1.29 is 0 Å². The van der Waals surface area contributed by atoms with E-state index in [4.69, 9.17) is 0 Å². The van der Waals surface area contributed by atoms with Gasteiger partial charge in [-0.05, 0) is 31.6 Å². The van der Waals surface area contributed by atoms with Crippen LogP contribution in [-0.2, 0) is 0 Å². The minimum atomic E-state index is 0.401. The number of hydrogen-bond donors (Lipinski definition) is 0. The largest absolute Gasteiger partial charge is 0.303 e. The molecule has 0 N–H and O–H groups in total. The summed E-state index contributed by atoms with van der Waals surface area (Å²) in [6, 6.07) is 0. The maximum atomic E-state index is 2.52. The van der Waals surface area contributed by atoms with Gasteiger partial charge in [-0.15, -0.1) is 0 Å². The molecule has 0 aliphatic heterocycles. The molecule has 2 heteroatoms. The molecule has 0 aliphatic carbocycles. The monoisotopic (exact) mass is 214 g/mol. The first-order valence-electron chi connectivity index (χ1n) is 6.43. The van der Waals surface area contributed by atoms with E-state index < -0.39 is 0 Å². The molecule has 92 valence electrons. The summed E-state index contributed by atoms with van der Waals surface area (Å²) in [4.78, 5) is 5.03. The maximum Gasteiger partial charge on any atom is 0.00447 e. The van der Waals surface area contributed by atoms with E-state index in [0.29, 0.717) is 5.41 Å². The lowest BCUT2D eigenvalue weighted by atomic mass is 9.91. The Morgan fingerprint density at radius 1 is 0.667 bits per heavy atom. The van der Waals surface area contributed by atoms with Gasteiger partial charge in [0.05, 0.1) is 0 Å². The number of rotatable bonds is 8. The van der Waals surface area contributed by atoms with Gasteiger partial charge in [0, 0.05) is 13.1 Å². The quantitative estimate of drug-likeness (QED) is 0.613. The average Bonchev–Trinajstić information content (AvgIpc) is 2.22. The molecule has 0 aromatic heterocycles. The highest BCUT2D eigenvalue weighted by atomic mass is 15.2. The fourth-order valence-electron chi connectivity index (χ4n) is 2.16. The van der Waals surface area contributed by atoms with Crippen LogP contribution < -0.4 is 0 Å². The molecule has 15 heavy (non-hydrogen) atoms. The fourth-order valence-corrected chi connectivity index (χ4v) is 2.16. The normalized spacial score (nSPS) is 12.8. The summed E-state index contributed by atoms with van der Waals surface area (Å²) < 4.78 is 0. The minimum Gasteiger partial charge on any atom is -0.303 e. The molecule has 0 fully saturated rings. The van der Waals surface area contributed by atoms with E-state index in [-0.39, 0.29) is 0 Å². The lowest BCUT2D eigenvalue weighted by molar-refractivity contribution is 0.132. The van der Waals surface area contributed by atoms with Crippen LogP contribution in [0.15, 0.2) is 0 Å². The van der Waals surface area contributed by atoms with Crippen molar-refractivity contribution in [2.24, 2.45) is 5.41 Å². The third kappa shape index (κ3) is 6.16. The zero-order valence-corrected chi connectivity index (χ0v) is 11.6. The van der Waals surface area contributed by atoms with Crippen LogP contribution in [-0.4, -0.2) is 49.1 Å². The number of hydrogen-bond acceptors (Lipinski definition) is 2. The predicted molar refractivity (Wildman–Crippen MR) is 69.4 cm³/mol. The molecule has 0 atom stereocenters. The van der Waals surface area contributed by atoms with Gasteiger partial charge in [-0.3, -0.25) is 0 Å². The number of nitrogens with zero attached hydrogens (tertiary/aromatic N) is 2. The van der Waals surface area contributed by atoms with Crippen molar-refractivity contribution in [3.05, 3.63) is 0 Å². The van der Waals surface area contributed by atoms with E-state index in [1.807, 2.05) is 0 Å². The molecule has 0 radical (unpaired) electrons. The highest BCUT2D eigenvalue weighted by Gasteiger charge is 2.22. The minimum absolute atomic E-state index is 0.401. The van der Waals surface area contributed by atoms with E-state index >= 15 is 0 Å². The van der Waals surface area contributed by atoms with Gasteiger partial charge in [-0.25, -0.2) is 0 Å². The van der Waals surface area contributed by atoms with Gasteiger partial charge in [0.2, 0.25) is 0 Å².